The van der Waals surface area contributed by atoms with Gasteiger partial charge >= 0.3 is 41.0 Å². The first-order valence-corrected chi connectivity index (χ1v) is 14.5. The molecule has 0 radical (unpaired) electrons. The molecule has 2 rings (SSSR count). The maximum atomic E-state index is 7.00. The molecule has 0 unspecified atom stereocenters. The van der Waals surface area contributed by atoms with Crippen molar-refractivity contribution in [2.24, 2.45) is 0 Å². The third kappa shape index (κ3) is 11.9. The molecule has 0 bridgehead atoms. The van der Waals surface area contributed by atoms with Gasteiger partial charge in [-0.25, -0.2) is 0 Å². The van der Waals surface area contributed by atoms with E-state index in [1.165, 1.54) is 0 Å². The van der Waals surface area contributed by atoms with E-state index in [9.17, 15) is 0 Å². The van der Waals surface area contributed by atoms with E-state index in [0.29, 0.717) is 11.4 Å². The molecule has 0 atom stereocenters. The monoisotopic (exact) mass is 537 g/mol. The Hall–Kier alpha value is -0.312. The second kappa shape index (κ2) is 12.2. The fourth-order valence-corrected chi connectivity index (χ4v) is 0.876. The molecular formula is C12H12Br2N2Pt. The zero-order valence-corrected chi connectivity index (χ0v) is 14.3. The van der Waals surface area contributed by atoms with Gasteiger partial charge in [-0.05, 0) is 0 Å². The Balaban J connectivity index is 0.000000247. The van der Waals surface area contributed by atoms with Crippen LogP contribution in [0, 0.1) is 0 Å². The van der Waals surface area contributed by atoms with E-state index in [0.717, 1.165) is 0 Å². The van der Waals surface area contributed by atoms with Gasteiger partial charge in [-0.1, -0.05) is 60.7 Å². The predicted octanol–water partition coefficient (Wildman–Crippen LogP) is 6.43. The zero-order chi connectivity index (χ0) is 12.9. The summed E-state index contributed by atoms with van der Waals surface area (Å²) in [7, 11) is 0. The molecule has 0 aliphatic carbocycles. The van der Waals surface area contributed by atoms with Crippen LogP contribution in [-0.4, -0.2) is 0 Å². The Morgan fingerprint density at radius 2 is 0.882 bits per heavy atom. The maximum absolute atomic E-state index is 7.00. The predicted molar refractivity (Wildman–Crippen MR) is 78.7 cm³/mol. The molecule has 94 valence electrons. The molecule has 0 aromatic heterocycles. The van der Waals surface area contributed by atoms with Gasteiger partial charge in [-0.3, -0.25) is 0 Å². The van der Waals surface area contributed by atoms with Crippen LogP contribution in [0.2, 0.25) is 0 Å². The van der Waals surface area contributed by atoms with Crippen molar-refractivity contribution in [1.82, 2.24) is 0 Å². The molecule has 0 saturated carbocycles. The summed E-state index contributed by atoms with van der Waals surface area (Å²) in [6.07, 6.45) is 0. The first-order valence-electron chi connectivity index (χ1n) is 4.56. The third-order valence-electron chi connectivity index (χ3n) is 1.55. The third-order valence-corrected chi connectivity index (χ3v) is 1.55. The van der Waals surface area contributed by atoms with Crippen LogP contribution in [0.25, 0.3) is 11.5 Å². The summed E-state index contributed by atoms with van der Waals surface area (Å²) in [5.41, 5.74) is 15.1. The molecule has 5 heteroatoms. The molecule has 0 fully saturated rings. The Morgan fingerprint density at radius 3 is 1.00 bits per heavy atom. The van der Waals surface area contributed by atoms with Crippen molar-refractivity contribution in [2.45, 2.75) is 0 Å². The van der Waals surface area contributed by atoms with Gasteiger partial charge in [-0.15, -0.1) is 11.4 Å². The average molecular weight is 539 g/mol. The Kier molecular flexibility index (Phi) is 11.9. The van der Waals surface area contributed by atoms with Crippen LogP contribution in [-0.2, 0) is 14.5 Å². The van der Waals surface area contributed by atoms with E-state index >= 15 is 0 Å². The molecule has 2 N–H and O–H groups in total. The normalized spacial score (nSPS) is 8.35. The quantitative estimate of drug-likeness (QED) is 0.371. The van der Waals surface area contributed by atoms with Crippen molar-refractivity contribution in [2.75, 3.05) is 0 Å². The van der Waals surface area contributed by atoms with Crippen molar-refractivity contribution >= 4 is 38.0 Å². The summed E-state index contributed by atoms with van der Waals surface area (Å²) < 4.78 is 0. The molecule has 2 nitrogen and oxygen atoms in total. The Morgan fingerprint density at radius 1 is 0.647 bits per heavy atom. The van der Waals surface area contributed by atoms with Crippen LogP contribution >= 0.6 is 26.6 Å². The SMILES string of the molecule is [Br][Pt+2][Br].[NH-]c1ccccc1.[NH-]c1ccccc1. The summed E-state index contributed by atoms with van der Waals surface area (Å²) in [5, 5.41) is 0. The van der Waals surface area contributed by atoms with E-state index in [1.54, 1.807) is 24.3 Å². The number of benzene rings is 2. The fraction of sp³-hybridized carbons (Fsp3) is 0. The van der Waals surface area contributed by atoms with Gasteiger partial charge in [0.1, 0.15) is 0 Å². The second-order valence-corrected chi connectivity index (χ2v) is 12.7. The first-order chi connectivity index (χ1) is 8.20. The van der Waals surface area contributed by atoms with E-state index < -0.39 is 0 Å². The van der Waals surface area contributed by atoms with Gasteiger partial charge in [0.15, 0.2) is 0 Å². The van der Waals surface area contributed by atoms with E-state index in [-0.39, 0.29) is 14.5 Å². The molecule has 0 spiro atoms. The van der Waals surface area contributed by atoms with Gasteiger partial charge in [-0.2, -0.15) is 0 Å². The van der Waals surface area contributed by atoms with Gasteiger partial charge < -0.3 is 11.5 Å². The molecule has 0 aliphatic heterocycles. The summed E-state index contributed by atoms with van der Waals surface area (Å²) in [4.78, 5) is 0. The Labute approximate surface area is 124 Å². The fourth-order valence-electron chi connectivity index (χ4n) is 0.876. The van der Waals surface area contributed by atoms with Crippen LogP contribution < -0.4 is 0 Å². The van der Waals surface area contributed by atoms with Gasteiger partial charge in [0.05, 0.1) is 0 Å². The van der Waals surface area contributed by atoms with Crippen molar-refractivity contribution < 1.29 is 14.5 Å². The second-order valence-electron chi connectivity index (χ2n) is 2.78. The largest absolute Gasteiger partial charge is 0.699 e. The molecule has 2 aromatic carbocycles. The van der Waals surface area contributed by atoms with Crippen molar-refractivity contribution in [3.8, 4) is 0 Å². The van der Waals surface area contributed by atoms with Crippen LogP contribution in [0.5, 0.6) is 0 Å². The first kappa shape index (κ1) is 16.7. The minimum Gasteiger partial charge on any atom is -0.699 e. The van der Waals surface area contributed by atoms with Crippen LogP contribution in [0.4, 0.5) is 11.4 Å². The van der Waals surface area contributed by atoms with E-state index in [4.69, 9.17) is 11.5 Å². The Bertz CT molecular complexity index is 333. The zero-order valence-electron chi connectivity index (χ0n) is 8.85. The number of nitrogens with one attached hydrogen (secondary N) is 2. The molecule has 0 amide bonds. The minimum absolute atomic E-state index is 0.208. The molecule has 0 aliphatic rings. The van der Waals surface area contributed by atoms with Crippen molar-refractivity contribution in [1.29, 1.82) is 0 Å². The summed E-state index contributed by atoms with van der Waals surface area (Å²) in [5.74, 6) is 0. The molecule has 2 aromatic rings. The summed E-state index contributed by atoms with van der Waals surface area (Å²) in [6, 6.07) is 18.2. The van der Waals surface area contributed by atoms with E-state index in [1.807, 2.05) is 36.4 Å². The van der Waals surface area contributed by atoms with E-state index in [2.05, 4.69) is 26.6 Å². The van der Waals surface area contributed by atoms with Gasteiger partial charge in [0.25, 0.3) is 0 Å². The summed E-state index contributed by atoms with van der Waals surface area (Å²) in [6.45, 7) is 0. The van der Waals surface area contributed by atoms with Gasteiger partial charge in [0, 0.05) is 0 Å². The molecule has 0 heterocycles. The summed E-state index contributed by atoms with van der Waals surface area (Å²) >= 11 is 6.56. The molecular weight excluding hydrogens is 527 g/mol. The number of hydrogen-bond acceptors (Lipinski definition) is 0. The number of hydrogen-bond donors (Lipinski definition) is 0. The van der Waals surface area contributed by atoms with Crippen molar-refractivity contribution in [3.63, 3.8) is 0 Å². The minimum atomic E-state index is 0.208. The van der Waals surface area contributed by atoms with Crippen molar-refractivity contribution in [3.05, 3.63) is 72.1 Å². The maximum Gasteiger partial charge on any atom is -0.0624 e. The van der Waals surface area contributed by atoms with Gasteiger partial charge in [0.2, 0.25) is 0 Å². The topological polar surface area (TPSA) is 47.6 Å². The molecule has 0 saturated heterocycles. The smallest absolute Gasteiger partial charge is 0.0624 e. The standard InChI is InChI=1S/2C6H6N.2BrH.Pt/c2*7-6-4-2-1-3-5-6;;;/h2*1-5,7H;2*1H;/q2*-1;;;+4/p-2. The van der Waals surface area contributed by atoms with Crippen LogP contribution in [0.3, 0.4) is 0 Å². The average Bonchev–Trinajstić information content (AvgIpc) is 2.33. The van der Waals surface area contributed by atoms with Crippen LogP contribution in [0.15, 0.2) is 60.7 Å². The molecule has 17 heavy (non-hydrogen) atoms. The number of halogens is 2. The van der Waals surface area contributed by atoms with Crippen LogP contribution in [0.1, 0.15) is 0 Å². The number of rotatable bonds is 0.